The maximum Gasteiger partial charge on any atom is 0.335 e. The third-order valence-electron chi connectivity index (χ3n) is 2.59. The molecule has 0 aliphatic rings. The van der Waals surface area contributed by atoms with Crippen LogP contribution in [0.25, 0.3) is 0 Å². The lowest BCUT2D eigenvalue weighted by Crippen LogP contribution is -1.98. The number of anilines is 2. The average Bonchev–Trinajstić information content (AvgIpc) is 2.41. The molecule has 0 atom stereocenters. The largest absolute Gasteiger partial charge is 0.497 e. The van der Waals surface area contributed by atoms with Crippen molar-refractivity contribution in [3.8, 4) is 5.75 Å². The summed E-state index contributed by atoms with van der Waals surface area (Å²) < 4.78 is 18.6. The van der Waals surface area contributed by atoms with Crippen LogP contribution < -0.4 is 10.1 Å². The Morgan fingerprint density at radius 2 is 1.89 bits per heavy atom. The molecular weight excluding hydrogens is 249 g/mol. The summed E-state index contributed by atoms with van der Waals surface area (Å²) in [6, 6.07) is 10.5. The van der Waals surface area contributed by atoms with Gasteiger partial charge in [0.05, 0.1) is 18.4 Å². The van der Waals surface area contributed by atoms with Crippen molar-refractivity contribution in [1.82, 2.24) is 0 Å². The average molecular weight is 261 g/mol. The molecule has 19 heavy (non-hydrogen) atoms. The highest BCUT2D eigenvalue weighted by molar-refractivity contribution is 5.88. The van der Waals surface area contributed by atoms with E-state index in [1.165, 1.54) is 25.3 Å². The van der Waals surface area contributed by atoms with Crippen molar-refractivity contribution in [2.24, 2.45) is 0 Å². The number of nitrogens with one attached hydrogen (secondary N) is 1. The molecule has 2 rings (SSSR count). The van der Waals surface area contributed by atoms with Gasteiger partial charge < -0.3 is 15.2 Å². The van der Waals surface area contributed by atoms with E-state index in [1.807, 2.05) is 0 Å². The van der Waals surface area contributed by atoms with Gasteiger partial charge in [-0.15, -0.1) is 0 Å². The fourth-order valence-corrected chi connectivity index (χ4v) is 1.58. The van der Waals surface area contributed by atoms with E-state index in [1.54, 1.807) is 24.3 Å². The summed E-state index contributed by atoms with van der Waals surface area (Å²) in [5.74, 6) is -1.01. The number of aromatic carboxylic acids is 1. The van der Waals surface area contributed by atoms with E-state index in [2.05, 4.69) is 5.32 Å². The maximum atomic E-state index is 13.7. The first-order valence-electron chi connectivity index (χ1n) is 5.54. The van der Waals surface area contributed by atoms with E-state index in [0.29, 0.717) is 17.1 Å². The minimum atomic E-state index is -0.998. The summed E-state index contributed by atoms with van der Waals surface area (Å²) in [4.78, 5) is 10.7. The lowest BCUT2D eigenvalue weighted by molar-refractivity contribution is 0.0697. The van der Waals surface area contributed by atoms with E-state index in [0.717, 1.165) is 0 Å². The smallest absolute Gasteiger partial charge is 0.335 e. The fourth-order valence-electron chi connectivity index (χ4n) is 1.58. The predicted molar refractivity (Wildman–Crippen MR) is 69.6 cm³/mol. The van der Waals surface area contributed by atoms with E-state index in [4.69, 9.17) is 9.84 Å². The zero-order chi connectivity index (χ0) is 13.8. The summed E-state index contributed by atoms with van der Waals surface area (Å²) in [5, 5.41) is 11.6. The fraction of sp³-hybridized carbons (Fsp3) is 0.0714. The Morgan fingerprint density at radius 3 is 2.42 bits per heavy atom. The van der Waals surface area contributed by atoms with Gasteiger partial charge in [0, 0.05) is 11.8 Å². The lowest BCUT2D eigenvalue weighted by Gasteiger charge is -2.09. The second-order valence-corrected chi connectivity index (χ2v) is 3.85. The summed E-state index contributed by atoms with van der Waals surface area (Å²) in [5.41, 5.74) is 1.08. The summed E-state index contributed by atoms with van der Waals surface area (Å²) in [6.45, 7) is 0. The Balaban J connectivity index is 2.19. The number of carbonyl (C=O) groups is 1. The molecule has 0 aliphatic carbocycles. The first-order chi connectivity index (χ1) is 9.10. The Morgan fingerprint density at radius 1 is 1.21 bits per heavy atom. The molecule has 0 fully saturated rings. The van der Waals surface area contributed by atoms with Crippen LogP contribution in [0.3, 0.4) is 0 Å². The highest BCUT2D eigenvalue weighted by atomic mass is 19.1. The third kappa shape index (κ3) is 3.01. The lowest BCUT2D eigenvalue weighted by atomic mass is 10.2. The SMILES string of the molecule is COc1ccc(Nc2ccc(C(=O)O)cc2)c(F)c1. The molecule has 4 nitrogen and oxygen atoms in total. The Bertz CT molecular complexity index is 596. The molecule has 0 amide bonds. The maximum absolute atomic E-state index is 13.7. The minimum Gasteiger partial charge on any atom is -0.497 e. The number of rotatable bonds is 4. The van der Waals surface area contributed by atoms with E-state index < -0.39 is 11.8 Å². The molecule has 0 aliphatic heterocycles. The molecule has 0 spiro atoms. The topological polar surface area (TPSA) is 58.6 Å². The second kappa shape index (κ2) is 5.39. The van der Waals surface area contributed by atoms with Crippen molar-refractivity contribution in [3.05, 3.63) is 53.8 Å². The number of methoxy groups -OCH3 is 1. The van der Waals surface area contributed by atoms with Gasteiger partial charge in [0.15, 0.2) is 0 Å². The summed E-state index contributed by atoms with van der Waals surface area (Å²) in [7, 11) is 1.46. The van der Waals surface area contributed by atoms with Crippen LogP contribution in [-0.2, 0) is 0 Å². The standard InChI is InChI=1S/C14H12FNO3/c1-19-11-6-7-13(12(15)8-11)16-10-4-2-9(3-5-10)14(17)18/h2-8,16H,1H3,(H,17,18). The molecule has 0 radical (unpaired) electrons. The van der Waals surface area contributed by atoms with Gasteiger partial charge >= 0.3 is 5.97 Å². The van der Waals surface area contributed by atoms with Gasteiger partial charge in [-0.2, -0.15) is 0 Å². The molecule has 2 aromatic rings. The van der Waals surface area contributed by atoms with Crippen molar-refractivity contribution in [2.45, 2.75) is 0 Å². The number of carboxylic acids is 1. The molecule has 98 valence electrons. The normalized spacial score (nSPS) is 10.0. The van der Waals surface area contributed by atoms with Gasteiger partial charge in [-0.3, -0.25) is 0 Å². The predicted octanol–water partition coefficient (Wildman–Crippen LogP) is 3.28. The highest BCUT2D eigenvalue weighted by Gasteiger charge is 2.05. The second-order valence-electron chi connectivity index (χ2n) is 3.85. The molecule has 0 saturated carbocycles. The van der Waals surface area contributed by atoms with Crippen molar-refractivity contribution in [3.63, 3.8) is 0 Å². The number of hydrogen-bond donors (Lipinski definition) is 2. The van der Waals surface area contributed by atoms with Crippen LogP contribution in [0.5, 0.6) is 5.75 Å². The highest BCUT2D eigenvalue weighted by Crippen LogP contribution is 2.24. The third-order valence-corrected chi connectivity index (χ3v) is 2.59. The molecule has 2 N–H and O–H groups in total. The van der Waals surface area contributed by atoms with Crippen LogP contribution in [-0.4, -0.2) is 18.2 Å². The molecule has 0 heterocycles. The van der Waals surface area contributed by atoms with E-state index in [-0.39, 0.29) is 5.56 Å². The van der Waals surface area contributed by atoms with Crippen LogP contribution in [0, 0.1) is 5.82 Å². The molecule has 0 aromatic heterocycles. The molecule has 0 saturated heterocycles. The quantitative estimate of drug-likeness (QED) is 0.886. The first-order valence-corrected chi connectivity index (χ1v) is 5.54. The zero-order valence-electron chi connectivity index (χ0n) is 10.2. The summed E-state index contributed by atoms with van der Waals surface area (Å²) in [6.07, 6.45) is 0. The van der Waals surface area contributed by atoms with Gasteiger partial charge in [-0.05, 0) is 36.4 Å². The van der Waals surface area contributed by atoms with Gasteiger partial charge in [-0.25, -0.2) is 9.18 Å². The van der Waals surface area contributed by atoms with E-state index in [9.17, 15) is 9.18 Å². The van der Waals surface area contributed by atoms with Crippen LogP contribution in [0.15, 0.2) is 42.5 Å². The molecule has 0 unspecified atom stereocenters. The number of carboxylic acid groups (broad SMARTS) is 1. The monoisotopic (exact) mass is 261 g/mol. The number of hydrogen-bond acceptors (Lipinski definition) is 3. The minimum absolute atomic E-state index is 0.181. The van der Waals surface area contributed by atoms with Crippen LogP contribution in [0.2, 0.25) is 0 Å². The Hall–Kier alpha value is -2.56. The van der Waals surface area contributed by atoms with Gasteiger partial charge in [-0.1, -0.05) is 0 Å². The van der Waals surface area contributed by atoms with E-state index >= 15 is 0 Å². The van der Waals surface area contributed by atoms with Crippen molar-refractivity contribution < 1.29 is 19.0 Å². The van der Waals surface area contributed by atoms with Crippen LogP contribution in [0.1, 0.15) is 10.4 Å². The van der Waals surface area contributed by atoms with Gasteiger partial charge in [0.1, 0.15) is 11.6 Å². The molecular formula is C14H12FNO3. The van der Waals surface area contributed by atoms with Crippen LogP contribution >= 0.6 is 0 Å². The van der Waals surface area contributed by atoms with Gasteiger partial charge in [0.25, 0.3) is 0 Å². The van der Waals surface area contributed by atoms with Crippen molar-refractivity contribution in [1.29, 1.82) is 0 Å². The zero-order valence-corrected chi connectivity index (χ0v) is 10.2. The molecule has 2 aromatic carbocycles. The van der Waals surface area contributed by atoms with Crippen molar-refractivity contribution in [2.75, 3.05) is 12.4 Å². The number of benzene rings is 2. The van der Waals surface area contributed by atoms with Crippen molar-refractivity contribution >= 4 is 17.3 Å². The first kappa shape index (κ1) is 12.9. The number of halogens is 1. The van der Waals surface area contributed by atoms with Crippen LogP contribution in [0.4, 0.5) is 15.8 Å². The van der Waals surface area contributed by atoms with Gasteiger partial charge in [0.2, 0.25) is 0 Å². The number of ether oxygens (including phenoxy) is 1. The summed E-state index contributed by atoms with van der Waals surface area (Å²) >= 11 is 0. The molecule has 5 heteroatoms. The molecule has 0 bridgehead atoms. The Kier molecular flexibility index (Phi) is 3.66. The Labute approximate surface area is 109 Å².